The van der Waals surface area contributed by atoms with E-state index in [0.717, 1.165) is 46.3 Å². The number of benzene rings is 3. The van der Waals surface area contributed by atoms with Crippen LogP contribution in [0.2, 0.25) is 25.7 Å². The molecule has 0 amide bonds. The summed E-state index contributed by atoms with van der Waals surface area (Å²) in [5.41, 5.74) is 3.14. The molecule has 11 heteroatoms. The maximum absolute atomic E-state index is 14.5. The summed E-state index contributed by atoms with van der Waals surface area (Å²) in [5.74, 6) is -0.709. The molecular formula is C47H68FO8PSi. The van der Waals surface area contributed by atoms with E-state index in [0.29, 0.717) is 24.7 Å². The van der Waals surface area contributed by atoms with Crippen LogP contribution in [0.5, 0.6) is 5.75 Å². The molecular weight excluding hydrogens is 771 g/mol. The molecule has 1 saturated heterocycles. The van der Waals surface area contributed by atoms with Crippen LogP contribution in [0.15, 0.2) is 54.6 Å². The van der Waals surface area contributed by atoms with Gasteiger partial charge in [-0.15, -0.1) is 0 Å². The Morgan fingerprint density at radius 3 is 2.10 bits per heavy atom. The number of hydrogen-bond donors (Lipinski definition) is 0. The van der Waals surface area contributed by atoms with E-state index in [9.17, 15) is 13.8 Å². The number of carbonyl (C=O) groups excluding carboxylic acids is 1. The summed E-state index contributed by atoms with van der Waals surface area (Å²) in [5, 5.41) is 1.92. The van der Waals surface area contributed by atoms with E-state index in [4.69, 9.17) is 28.0 Å². The normalized spacial score (nSPS) is 19.4. The summed E-state index contributed by atoms with van der Waals surface area (Å²) in [7, 11) is -4.94. The Morgan fingerprint density at radius 1 is 0.931 bits per heavy atom. The highest BCUT2D eigenvalue weighted by molar-refractivity contribution is 7.53. The van der Waals surface area contributed by atoms with Gasteiger partial charge in [0.2, 0.25) is 0 Å². The van der Waals surface area contributed by atoms with Gasteiger partial charge in [-0.25, -0.2) is 4.39 Å². The summed E-state index contributed by atoms with van der Waals surface area (Å²) < 4.78 is 65.6. The van der Waals surface area contributed by atoms with E-state index in [-0.39, 0.29) is 42.9 Å². The standard InChI is InChI=1S/C47H68FO8PSi/c1-31(2)55-57(50,56-32(3)4)30-52-37-21-18-35-26-41(33-14-15-33)40(44(42(35)28-37)34-16-19-36(48)20-17-34)23-22-38-27-39(29-43(49)51-24-25-58(11,12)13)54-47(53-38,45(5,6)7)46(8,9)10/h16-23,26,28,31-33,38-39H,14-15,24-25,27,29-30H2,1-13H3/b23-22+/t38-,39-/m1/s1. The lowest BCUT2D eigenvalue weighted by molar-refractivity contribution is -0.389. The minimum absolute atomic E-state index is 0.136. The van der Waals surface area contributed by atoms with Crippen molar-refractivity contribution in [1.29, 1.82) is 0 Å². The summed E-state index contributed by atoms with van der Waals surface area (Å²) in [4.78, 5) is 13.3. The van der Waals surface area contributed by atoms with Gasteiger partial charge in [0, 0.05) is 25.3 Å². The summed E-state index contributed by atoms with van der Waals surface area (Å²) >= 11 is 0. The van der Waals surface area contributed by atoms with Crippen LogP contribution in [0, 0.1) is 16.6 Å². The average Bonchev–Trinajstić information content (AvgIpc) is 3.93. The van der Waals surface area contributed by atoms with Crippen LogP contribution >= 0.6 is 7.60 Å². The Labute approximate surface area is 348 Å². The lowest BCUT2D eigenvalue weighted by Crippen LogP contribution is -2.63. The van der Waals surface area contributed by atoms with Crippen molar-refractivity contribution in [2.45, 2.75) is 157 Å². The van der Waals surface area contributed by atoms with E-state index in [1.165, 1.54) is 17.7 Å². The van der Waals surface area contributed by atoms with Crippen molar-refractivity contribution in [1.82, 2.24) is 0 Å². The number of ether oxygens (including phenoxy) is 4. The van der Waals surface area contributed by atoms with Crippen molar-refractivity contribution in [3.8, 4) is 16.9 Å². The highest BCUT2D eigenvalue weighted by Gasteiger charge is 2.58. The lowest BCUT2D eigenvalue weighted by atomic mass is 9.69. The van der Waals surface area contributed by atoms with Crippen molar-refractivity contribution < 1.29 is 41.7 Å². The molecule has 2 atom stereocenters. The monoisotopic (exact) mass is 838 g/mol. The van der Waals surface area contributed by atoms with Crippen molar-refractivity contribution in [2.75, 3.05) is 13.0 Å². The second kappa shape index (κ2) is 18.0. The van der Waals surface area contributed by atoms with Gasteiger partial charge >= 0.3 is 13.6 Å². The fourth-order valence-electron chi connectivity index (χ4n) is 8.05. The first-order valence-electron chi connectivity index (χ1n) is 21.0. The van der Waals surface area contributed by atoms with Crippen LogP contribution in [0.25, 0.3) is 28.0 Å². The number of fused-ring (bicyclic) bond motifs is 1. The van der Waals surface area contributed by atoms with Crippen LogP contribution in [0.3, 0.4) is 0 Å². The fourth-order valence-corrected chi connectivity index (χ4v) is 10.5. The molecule has 8 nitrogen and oxygen atoms in total. The Morgan fingerprint density at radius 2 is 1.55 bits per heavy atom. The Balaban J connectivity index is 1.59. The summed E-state index contributed by atoms with van der Waals surface area (Å²) in [6, 6.07) is 15.6. The number of rotatable bonds is 16. The van der Waals surface area contributed by atoms with Gasteiger partial charge in [0.1, 0.15) is 11.6 Å². The molecule has 5 rings (SSSR count). The third-order valence-electron chi connectivity index (χ3n) is 10.6. The Kier molecular flexibility index (Phi) is 14.4. The zero-order valence-corrected chi connectivity index (χ0v) is 39.1. The Bertz CT molecular complexity index is 1940. The highest BCUT2D eigenvalue weighted by Crippen LogP contribution is 2.54. The number of carbonyl (C=O) groups is 1. The molecule has 0 bridgehead atoms. The number of hydrogen-bond acceptors (Lipinski definition) is 8. The van der Waals surface area contributed by atoms with E-state index in [2.05, 4.69) is 79.4 Å². The molecule has 1 aliphatic heterocycles. The second-order valence-electron chi connectivity index (χ2n) is 20.0. The third kappa shape index (κ3) is 11.7. The topological polar surface area (TPSA) is 89.5 Å². The molecule has 58 heavy (non-hydrogen) atoms. The van der Waals surface area contributed by atoms with Crippen LogP contribution in [-0.2, 0) is 32.6 Å². The SMILES string of the molecule is CC(C)OP(=O)(COc1ccc2cc(C3CC3)c(/C=C/[C@@H]3C[C@H](CC(=O)OCC[Si](C)(C)C)OC(C(C)(C)C)(C(C)(C)C)O3)c(-c3ccc(F)cc3)c2c1)OC(C)C. The molecule has 0 N–H and O–H groups in total. The molecule has 1 aliphatic carbocycles. The van der Waals surface area contributed by atoms with Crippen LogP contribution in [0.4, 0.5) is 4.39 Å². The molecule has 2 fully saturated rings. The average molecular weight is 839 g/mol. The van der Waals surface area contributed by atoms with Crippen molar-refractivity contribution >= 4 is 38.5 Å². The molecule has 0 spiro atoms. The number of halogens is 1. The smallest absolute Gasteiger partial charge is 0.368 e. The van der Waals surface area contributed by atoms with E-state index >= 15 is 0 Å². The predicted octanol–water partition coefficient (Wildman–Crippen LogP) is 13.1. The first-order valence-corrected chi connectivity index (χ1v) is 26.5. The lowest BCUT2D eigenvalue weighted by Gasteiger charge is -2.57. The van der Waals surface area contributed by atoms with Crippen LogP contribution in [0.1, 0.15) is 112 Å². The minimum Gasteiger partial charge on any atom is -0.481 e. The maximum atomic E-state index is 14.5. The van der Waals surface area contributed by atoms with Crippen molar-refractivity contribution in [2.24, 2.45) is 10.8 Å². The fraction of sp³-hybridized carbons (Fsp3) is 0.596. The van der Waals surface area contributed by atoms with Gasteiger partial charge in [-0.2, -0.15) is 0 Å². The van der Waals surface area contributed by atoms with Gasteiger partial charge in [-0.05, 0) is 110 Å². The quantitative estimate of drug-likeness (QED) is 0.0800. The van der Waals surface area contributed by atoms with Gasteiger partial charge in [0.05, 0.1) is 37.4 Å². The Hall–Kier alpha value is -2.85. The van der Waals surface area contributed by atoms with Crippen LogP contribution < -0.4 is 4.74 Å². The van der Waals surface area contributed by atoms with Crippen LogP contribution in [-0.4, -0.2) is 57.2 Å². The van der Waals surface area contributed by atoms with Gasteiger partial charge in [0.15, 0.2) is 12.1 Å². The summed E-state index contributed by atoms with van der Waals surface area (Å²) in [6.45, 7) is 27.2. The van der Waals surface area contributed by atoms with Gasteiger partial charge < -0.3 is 28.0 Å². The van der Waals surface area contributed by atoms with Crippen molar-refractivity contribution in [3.05, 3.63) is 71.6 Å². The zero-order valence-electron chi connectivity index (χ0n) is 37.2. The molecule has 3 aromatic carbocycles. The molecule has 0 aromatic heterocycles. The van der Waals surface area contributed by atoms with Gasteiger partial charge in [-0.3, -0.25) is 9.36 Å². The van der Waals surface area contributed by atoms with E-state index < -0.39 is 38.4 Å². The molecule has 1 heterocycles. The van der Waals surface area contributed by atoms with Crippen molar-refractivity contribution in [3.63, 3.8) is 0 Å². The molecule has 3 aromatic rings. The first kappa shape index (κ1) is 46.2. The summed E-state index contributed by atoms with van der Waals surface area (Å²) in [6.07, 6.45) is 5.33. The maximum Gasteiger partial charge on any atom is 0.368 e. The molecule has 0 radical (unpaired) electrons. The third-order valence-corrected chi connectivity index (χ3v) is 14.2. The number of esters is 1. The highest BCUT2D eigenvalue weighted by atomic mass is 31.2. The minimum atomic E-state index is -3.57. The molecule has 0 unspecified atom stereocenters. The molecule has 2 aliphatic rings. The molecule has 1 saturated carbocycles. The second-order valence-corrected chi connectivity index (χ2v) is 27.5. The van der Waals surface area contributed by atoms with E-state index in [1.807, 2.05) is 58.0 Å². The van der Waals surface area contributed by atoms with Gasteiger partial charge in [-0.1, -0.05) is 97.6 Å². The zero-order chi connectivity index (χ0) is 42.8. The first-order chi connectivity index (χ1) is 26.9. The van der Waals surface area contributed by atoms with E-state index in [1.54, 1.807) is 0 Å². The molecule has 320 valence electrons. The van der Waals surface area contributed by atoms with Gasteiger partial charge in [0.25, 0.3) is 0 Å². The largest absolute Gasteiger partial charge is 0.481 e. The predicted molar refractivity (Wildman–Crippen MR) is 236 cm³/mol.